The van der Waals surface area contributed by atoms with E-state index in [1.165, 1.54) is 17.4 Å². The Morgan fingerprint density at radius 1 is 1.32 bits per heavy atom. The Labute approximate surface area is 133 Å². The Morgan fingerprint density at radius 3 is 2.77 bits per heavy atom. The van der Waals surface area contributed by atoms with Crippen molar-refractivity contribution in [2.24, 2.45) is 0 Å². The quantitative estimate of drug-likeness (QED) is 0.915. The van der Waals surface area contributed by atoms with Crippen molar-refractivity contribution in [1.82, 2.24) is 4.98 Å². The lowest BCUT2D eigenvalue weighted by molar-refractivity contribution is 0.102. The van der Waals surface area contributed by atoms with Crippen LogP contribution in [0.5, 0.6) is 0 Å². The van der Waals surface area contributed by atoms with Gasteiger partial charge in [0.2, 0.25) is 0 Å². The zero-order valence-corrected chi connectivity index (χ0v) is 14.0. The van der Waals surface area contributed by atoms with Crippen LogP contribution in [0.1, 0.15) is 32.9 Å². The lowest BCUT2D eigenvalue weighted by Gasteiger charge is -2.16. The van der Waals surface area contributed by atoms with Crippen molar-refractivity contribution in [3.05, 3.63) is 39.9 Å². The van der Waals surface area contributed by atoms with Gasteiger partial charge in [0.25, 0.3) is 5.91 Å². The maximum absolute atomic E-state index is 12.3. The van der Waals surface area contributed by atoms with Gasteiger partial charge in [-0.15, -0.1) is 11.3 Å². The Morgan fingerprint density at radius 2 is 2.09 bits per heavy atom. The van der Waals surface area contributed by atoms with Gasteiger partial charge in [0.15, 0.2) is 15.0 Å². The predicted octanol–water partition coefficient (Wildman–Crippen LogP) is 2.73. The molecule has 2 heterocycles. The van der Waals surface area contributed by atoms with E-state index in [1.54, 1.807) is 12.1 Å². The fourth-order valence-corrected chi connectivity index (χ4v) is 4.87. The smallest absolute Gasteiger partial charge is 0.257 e. The number of rotatable bonds is 2. The number of aryl methyl sites for hydroxylation is 3. The van der Waals surface area contributed by atoms with Crippen LogP contribution >= 0.6 is 11.3 Å². The number of sulfone groups is 1. The summed E-state index contributed by atoms with van der Waals surface area (Å²) in [5, 5.41) is 3.33. The van der Waals surface area contributed by atoms with Gasteiger partial charge in [0.1, 0.15) is 0 Å². The highest BCUT2D eigenvalue weighted by Gasteiger charge is 2.24. The summed E-state index contributed by atoms with van der Waals surface area (Å²) < 4.78 is 24.0. The highest BCUT2D eigenvalue weighted by atomic mass is 32.2. The molecule has 0 saturated carbocycles. The molecule has 0 unspecified atom stereocenters. The van der Waals surface area contributed by atoms with E-state index in [0.29, 0.717) is 28.4 Å². The predicted molar refractivity (Wildman–Crippen MR) is 86.4 cm³/mol. The van der Waals surface area contributed by atoms with Crippen molar-refractivity contribution in [3.8, 4) is 0 Å². The van der Waals surface area contributed by atoms with Crippen molar-refractivity contribution >= 4 is 32.2 Å². The number of hydrogen-bond acceptors (Lipinski definition) is 5. The van der Waals surface area contributed by atoms with Crippen LogP contribution in [0.15, 0.2) is 23.1 Å². The number of nitrogens with one attached hydrogen (secondary N) is 1. The number of anilines is 1. The monoisotopic (exact) mass is 336 g/mol. The Hall–Kier alpha value is -1.73. The van der Waals surface area contributed by atoms with Crippen LogP contribution in [-0.4, -0.2) is 25.1 Å². The molecule has 1 N–H and O–H groups in total. The van der Waals surface area contributed by atoms with Crippen LogP contribution in [0.4, 0.5) is 5.13 Å². The van der Waals surface area contributed by atoms with Crippen LogP contribution in [0.3, 0.4) is 0 Å². The second-order valence-corrected chi connectivity index (χ2v) is 8.64. The van der Waals surface area contributed by atoms with E-state index in [0.717, 1.165) is 16.1 Å². The molecule has 0 radical (unpaired) electrons. The summed E-state index contributed by atoms with van der Waals surface area (Å²) >= 11 is 1.43. The van der Waals surface area contributed by atoms with Gasteiger partial charge in [-0.05, 0) is 50.5 Å². The molecule has 1 amide bonds. The molecule has 5 nitrogen and oxygen atoms in total. The summed E-state index contributed by atoms with van der Waals surface area (Å²) in [7, 11) is -3.19. The van der Waals surface area contributed by atoms with E-state index in [4.69, 9.17) is 0 Å². The molecule has 1 aromatic carbocycles. The van der Waals surface area contributed by atoms with Crippen LogP contribution in [0, 0.1) is 13.8 Å². The lowest BCUT2D eigenvalue weighted by Crippen LogP contribution is -2.18. The molecule has 7 heteroatoms. The number of carbonyl (C=O) groups excluding carboxylic acids is 1. The molecule has 0 bridgehead atoms. The van der Waals surface area contributed by atoms with E-state index < -0.39 is 9.84 Å². The molecule has 0 spiro atoms. The molecular weight excluding hydrogens is 320 g/mol. The standard InChI is InChI=1S/C15H16N2O3S2/c1-9-10(2)21-15(16-9)17-14(18)12-5-6-13-11(8-12)4-3-7-22(13,19)20/h5-6,8H,3-4,7H2,1-2H3,(H,16,17,18). The number of amides is 1. The summed E-state index contributed by atoms with van der Waals surface area (Å²) in [5.41, 5.74) is 2.09. The summed E-state index contributed by atoms with van der Waals surface area (Å²) in [6.07, 6.45) is 1.29. The zero-order chi connectivity index (χ0) is 15.9. The minimum absolute atomic E-state index is 0.184. The average Bonchev–Trinajstić information content (AvgIpc) is 2.76. The molecule has 0 fully saturated rings. The van der Waals surface area contributed by atoms with Crippen molar-refractivity contribution in [2.75, 3.05) is 11.1 Å². The van der Waals surface area contributed by atoms with Gasteiger partial charge in [-0.25, -0.2) is 13.4 Å². The summed E-state index contributed by atoms with van der Waals surface area (Å²) in [6, 6.07) is 4.77. The zero-order valence-electron chi connectivity index (χ0n) is 12.3. The minimum Gasteiger partial charge on any atom is -0.298 e. The van der Waals surface area contributed by atoms with Crippen molar-refractivity contribution in [1.29, 1.82) is 0 Å². The third-order valence-electron chi connectivity index (χ3n) is 3.77. The maximum Gasteiger partial charge on any atom is 0.257 e. The van der Waals surface area contributed by atoms with Gasteiger partial charge in [-0.2, -0.15) is 0 Å². The van der Waals surface area contributed by atoms with Gasteiger partial charge in [0.05, 0.1) is 16.3 Å². The molecule has 1 aromatic heterocycles. The highest BCUT2D eigenvalue weighted by Crippen LogP contribution is 2.27. The lowest BCUT2D eigenvalue weighted by atomic mass is 10.1. The molecule has 1 aliphatic heterocycles. The van der Waals surface area contributed by atoms with E-state index in [1.807, 2.05) is 13.8 Å². The normalized spacial score (nSPS) is 16.1. The first kappa shape index (κ1) is 15.2. The summed E-state index contributed by atoms with van der Waals surface area (Å²) in [4.78, 5) is 18.0. The number of carbonyl (C=O) groups is 1. The number of thiazole rings is 1. The van der Waals surface area contributed by atoms with Crippen LogP contribution in [0.25, 0.3) is 0 Å². The van der Waals surface area contributed by atoms with Crippen LogP contribution in [-0.2, 0) is 16.3 Å². The van der Waals surface area contributed by atoms with Crippen molar-refractivity contribution < 1.29 is 13.2 Å². The van der Waals surface area contributed by atoms with E-state index in [-0.39, 0.29) is 11.7 Å². The first-order valence-corrected chi connectivity index (χ1v) is 9.45. The first-order chi connectivity index (χ1) is 10.4. The number of nitrogens with zero attached hydrogens (tertiary/aromatic N) is 1. The number of benzene rings is 1. The van der Waals surface area contributed by atoms with E-state index in [9.17, 15) is 13.2 Å². The SMILES string of the molecule is Cc1nc(NC(=O)c2ccc3c(c2)CCCS3(=O)=O)sc1C. The topological polar surface area (TPSA) is 76.1 Å². The number of fused-ring (bicyclic) bond motifs is 1. The molecule has 3 rings (SSSR count). The highest BCUT2D eigenvalue weighted by molar-refractivity contribution is 7.91. The third-order valence-corrected chi connectivity index (χ3v) is 6.65. The second-order valence-electron chi connectivity index (χ2n) is 5.36. The van der Waals surface area contributed by atoms with E-state index >= 15 is 0 Å². The van der Waals surface area contributed by atoms with Gasteiger partial charge < -0.3 is 0 Å². The first-order valence-electron chi connectivity index (χ1n) is 6.98. The van der Waals surface area contributed by atoms with Gasteiger partial charge in [0, 0.05) is 10.4 Å². The van der Waals surface area contributed by atoms with Crippen molar-refractivity contribution in [2.45, 2.75) is 31.6 Å². The van der Waals surface area contributed by atoms with E-state index in [2.05, 4.69) is 10.3 Å². The van der Waals surface area contributed by atoms with Crippen LogP contribution < -0.4 is 5.32 Å². The molecule has 22 heavy (non-hydrogen) atoms. The fourth-order valence-electron chi connectivity index (χ4n) is 2.48. The third kappa shape index (κ3) is 2.78. The fraction of sp³-hybridized carbons (Fsp3) is 0.333. The molecule has 0 aliphatic carbocycles. The number of aromatic nitrogens is 1. The molecule has 0 atom stereocenters. The molecule has 1 aliphatic rings. The number of hydrogen-bond donors (Lipinski definition) is 1. The summed E-state index contributed by atoms with van der Waals surface area (Å²) in [6.45, 7) is 3.84. The largest absolute Gasteiger partial charge is 0.298 e. The summed E-state index contributed by atoms with van der Waals surface area (Å²) in [5.74, 6) is -0.0806. The molecular formula is C15H16N2O3S2. The average molecular weight is 336 g/mol. The van der Waals surface area contributed by atoms with Gasteiger partial charge >= 0.3 is 0 Å². The van der Waals surface area contributed by atoms with Gasteiger partial charge in [-0.3, -0.25) is 10.1 Å². The Kier molecular flexibility index (Phi) is 3.78. The minimum atomic E-state index is -3.19. The maximum atomic E-state index is 12.3. The van der Waals surface area contributed by atoms with Crippen molar-refractivity contribution in [3.63, 3.8) is 0 Å². The second kappa shape index (κ2) is 5.48. The Balaban J connectivity index is 1.88. The van der Waals surface area contributed by atoms with Crippen LogP contribution in [0.2, 0.25) is 0 Å². The molecule has 0 saturated heterocycles. The molecule has 116 valence electrons. The van der Waals surface area contributed by atoms with Gasteiger partial charge in [-0.1, -0.05) is 0 Å². The Bertz CT molecular complexity index is 834. The molecule has 2 aromatic rings.